The van der Waals surface area contributed by atoms with E-state index in [-0.39, 0.29) is 11.8 Å². The Morgan fingerprint density at radius 3 is 2.70 bits per heavy atom. The minimum atomic E-state index is -3.63. The summed E-state index contributed by atoms with van der Waals surface area (Å²) in [7, 11) is -3.63. The number of sulfone groups is 1. The molecule has 0 spiro atoms. The smallest absolute Gasteiger partial charge is 0.238 e. The maximum absolute atomic E-state index is 12.3. The molecule has 2 aromatic rings. The van der Waals surface area contributed by atoms with Crippen molar-refractivity contribution in [3.05, 3.63) is 42.1 Å². The Bertz CT molecular complexity index is 794. The highest BCUT2D eigenvalue weighted by Crippen LogP contribution is 2.22. The molecule has 1 atom stereocenters. The molecule has 3 rings (SSSR count). The van der Waals surface area contributed by atoms with Crippen LogP contribution in [0.4, 0.5) is 0 Å². The third kappa shape index (κ3) is 3.79. The topological polar surface area (TPSA) is 89.3 Å². The number of aromatic nitrogens is 1. The Labute approximate surface area is 134 Å². The average molecular weight is 334 g/mol. The van der Waals surface area contributed by atoms with E-state index in [2.05, 4.69) is 10.5 Å². The second kappa shape index (κ2) is 6.16. The van der Waals surface area contributed by atoms with Gasteiger partial charge in [-0.05, 0) is 19.8 Å². The first kappa shape index (κ1) is 15.7. The number of benzene rings is 1. The highest BCUT2D eigenvalue weighted by Gasteiger charge is 2.33. The van der Waals surface area contributed by atoms with Crippen LogP contribution in [-0.2, 0) is 20.4 Å². The van der Waals surface area contributed by atoms with Crippen molar-refractivity contribution in [2.24, 2.45) is 0 Å². The van der Waals surface area contributed by atoms with Gasteiger partial charge in [0.1, 0.15) is 5.25 Å². The Balaban J connectivity index is 1.70. The predicted octanol–water partition coefficient (Wildman–Crippen LogP) is 1.92. The van der Waals surface area contributed by atoms with E-state index < -0.39 is 21.0 Å². The lowest BCUT2D eigenvalue weighted by atomic mass is 10.2. The Kier molecular flexibility index (Phi) is 4.21. The number of carbonyl (C=O) groups is 1. The van der Waals surface area contributed by atoms with Crippen molar-refractivity contribution < 1.29 is 17.7 Å². The molecule has 122 valence electrons. The summed E-state index contributed by atoms with van der Waals surface area (Å²) >= 11 is 0. The number of amides is 1. The van der Waals surface area contributed by atoms with Gasteiger partial charge >= 0.3 is 0 Å². The van der Waals surface area contributed by atoms with E-state index in [0.717, 1.165) is 18.4 Å². The van der Waals surface area contributed by atoms with Crippen molar-refractivity contribution in [3.8, 4) is 11.3 Å². The molecular weight excluding hydrogens is 316 g/mol. The van der Waals surface area contributed by atoms with Crippen molar-refractivity contribution in [1.29, 1.82) is 0 Å². The molecule has 1 aromatic carbocycles. The van der Waals surface area contributed by atoms with Crippen LogP contribution in [0.25, 0.3) is 11.3 Å². The van der Waals surface area contributed by atoms with E-state index in [9.17, 15) is 13.2 Å². The summed E-state index contributed by atoms with van der Waals surface area (Å²) in [6, 6.07) is 11.0. The standard InChI is InChI=1S/C16H18N2O4S/c1-11(16(19)17-13-7-8-13)23(20,21)10-14-9-15(22-18-14)12-5-3-2-4-6-12/h2-6,9,11,13H,7-8,10H2,1H3,(H,17,19)/t11-/m1/s1. The van der Waals surface area contributed by atoms with Crippen LogP contribution in [0, 0.1) is 0 Å². The fourth-order valence-corrected chi connectivity index (χ4v) is 3.35. The number of nitrogens with zero attached hydrogens (tertiary/aromatic N) is 1. The highest BCUT2D eigenvalue weighted by molar-refractivity contribution is 7.92. The van der Waals surface area contributed by atoms with Gasteiger partial charge in [-0.15, -0.1) is 0 Å². The second-order valence-electron chi connectivity index (χ2n) is 5.78. The van der Waals surface area contributed by atoms with Crippen molar-refractivity contribution in [1.82, 2.24) is 10.5 Å². The third-order valence-electron chi connectivity index (χ3n) is 3.80. The van der Waals surface area contributed by atoms with Crippen LogP contribution < -0.4 is 5.32 Å². The molecule has 7 heteroatoms. The lowest BCUT2D eigenvalue weighted by Gasteiger charge is -2.11. The van der Waals surface area contributed by atoms with Crippen molar-refractivity contribution in [3.63, 3.8) is 0 Å². The SMILES string of the molecule is C[C@H](C(=O)NC1CC1)S(=O)(=O)Cc1cc(-c2ccccc2)on1. The van der Waals surface area contributed by atoms with Crippen LogP contribution in [0.5, 0.6) is 0 Å². The molecule has 0 aliphatic heterocycles. The van der Waals surface area contributed by atoms with Gasteiger partial charge in [-0.25, -0.2) is 8.42 Å². The summed E-state index contributed by atoms with van der Waals surface area (Å²) in [4.78, 5) is 11.9. The Hall–Kier alpha value is -2.15. The van der Waals surface area contributed by atoms with Gasteiger partial charge in [0.05, 0.1) is 11.4 Å². The first-order valence-corrected chi connectivity index (χ1v) is 9.20. The Morgan fingerprint density at radius 2 is 2.04 bits per heavy atom. The van der Waals surface area contributed by atoms with Crippen LogP contribution in [0.2, 0.25) is 0 Å². The minimum absolute atomic E-state index is 0.136. The maximum atomic E-state index is 12.3. The monoisotopic (exact) mass is 334 g/mol. The average Bonchev–Trinajstić information content (AvgIpc) is 3.23. The van der Waals surface area contributed by atoms with Crippen molar-refractivity contribution in [2.75, 3.05) is 0 Å². The number of hydrogen-bond donors (Lipinski definition) is 1. The first-order valence-electron chi connectivity index (χ1n) is 7.48. The van der Waals surface area contributed by atoms with Gasteiger partial charge in [0.2, 0.25) is 5.91 Å². The largest absolute Gasteiger partial charge is 0.356 e. The number of rotatable bonds is 6. The van der Waals surface area contributed by atoms with E-state index in [4.69, 9.17) is 4.52 Å². The number of hydrogen-bond acceptors (Lipinski definition) is 5. The first-order chi connectivity index (χ1) is 11.0. The molecule has 1 aliphatic carbocycles. The molecular formula is C16H18N2O4S. The summed E-state index contributed by atoms with van der Waals surface area (Å²) in [5.41, 5.74) is 1.12. The highest BCUT2D eigenvalue weighted by atomic mass is 32.2. The zero-order valence-corrected chi connectivity index (χ0v) is 13.5. The summed E-state index contributed by atoms with van der Waals surface area (Å²) in [5.74, 6) is -0.257. The van der Waals surface area contributed by atoms with Gasteiger partial charge in [0.15, 0.2) is 15.6 Å². The molecule has 1 aliphatic rings. The van der Waals surface area contributed by atoms with Crippen LogP contribution >= 0.6 is 0 Å². The summed E-state index contributed by atoms with van der Waals surface area (Å²) < 4.78 is 29.9. The predicted molar refractivity (Wildman–Crippen MR) is 85.2 cm³/mol. The van der Waals surface area contributed by atoms with Gasteiger partial charge in [-0.1, -0.05) is 35.5 Å². The summed E-state index contributed by atoms with van der Waals surface area (Å²) in [6.45, 7) is 1.41. The van der Waals surface area contributed by atoms with Gasteiger partial charge in [0, 0.05) is 17.7 Å². The van der Waals surface area contributed by atoms with Crippen molar-refractivity contribution in [2.45, 2.75) is 36.8 Å². The minimum Gasteiger partial charge on any atom is -0.356 e. The maximum Gasteiger partial charge on any atom is 0.238 e. The number of carbonyl (C=O) groups excluding carboxylic acids is 1. The normalized spacial score (nSPS) is 16.0. The zero-order chi connectivity index (χ0) is 16.4. The van der Waals surface area contributed by atoms with Crippen LogP contribution in [0.1, 0.15) is 25.5 Å². The lowest BCUT2D eigenvalue weighted by molar-refractivity contribution is -0.120. The van der Waals surface area contributed by atoms with Crippen LogP contribution in [0.3, 0.4) is 0 Å². The lowest BCUT2D eigenvalue weighted by Crippen LogP contribution is -2.39. The third-order valence-corrected chi connectivity index (χ3v) is 5.79. The molecule has 0 unspecified atom stereocenters. The fourth-order valence-electron chi connectivity index (χ4n) is 2.16. The van der Waals surface area contributed by atoms with Gasteiger partial charge in [-0.3, -0.25) is 4.79 Å². The molecule has 1 N–H and O–H groups in total. The number of nitrogens with one attached hydrogen (secondary N) is 1. The molecule has 0 saturated heterocycles. The molecule has 6 nitrogen and oxygen atoms in total. The van der Waals surface area contributed by atoms with Crippen molar-refractivity contribution >= 4 is 15.7 Å². The fraction of sp³-hybridized carbons (Fsp3) is 0.375. The van der Waals surface area contributed by atoms with E-state index in [1.807, 2.05) is 30.3 Å². The molecule has 1 saturated carbocycles. The molecule has 1 heterocycles. The zero-order valence-electron chi connectivity index (χ0n) is 12.7. The molecule has 1 aromatic heterocycles. The molecule has 23 heavy (non-hydrogen) atoms. The van der Waals surface area contributed by atoms with E-state index in [1.165, 1.54) is 6.92 Å². The van der Waals surface area contributed by atoms with E-state index >= 15 is 0 Å². The molecule has 0 radical (unpaired) electrons. The molecule has 0 bridgehead atoms. The quantitative estimate of drug-likeness (QED) is 0.872. The van der Waals surface area contributed by atoms with Gasteiger partial charge in [0.25, 0.3) is 0 Å². The van der Waals surface area contributed by atoms with Crippen LogP contribution in [-0.4, -0.2) is 30.8 Å². The van der Waals surface area contributed by atoms with E-state index in [0.29, 0.717) is 11.5 Å². The summed E-state index contributed by atoms with van der Waals surface area (Å²) in [5, 5.41) is 5.42. The Morgan fingerprint density at radius 1 is 1.35 bits per heavy atom. The molecule has 1 amide bonds. The molecule has 1 fully saturated rings. The van der Waals surface area contributed by atoms with Gasteiger partial charge in [-0.2, -0.15) is 0 Å². The van der Waals surface area contributed by atoms with Gasteiger partial charge < -0.3 is 9.84 Å². The van der Waals surface area contributed by atoms with E-state index in [1.54, 1.807) is 6.07 Å². The van der Waals surface area contributed by atoms with Crippen LogP contribution in [0.15, 0.2) is 40.9 Å². The summed E-state index contributed by atoms with van der Waals surface area (Å²) in [6.07, 6.45) is 1.84. The second-order valence-corrected chi connectivity index (χ2v) is 8.10.